The highest BCUT2D eigenvalue weighted by Crippen LogP contribution is 2.15. The molecule has 1 aromatic carbocycles. The first-order valence-electron chi connectivity index (χ1n) is 9.93. The highest BCUT2D eigenvalue weighted by molar-refractivity contribution is 5.80. The Hall–Kier alpha value is -2.48. The van der Waals surface area contributed by atoms with Gasteiger partial charge in [-0.25, -0.2) is 9.38 Å². The zero-order valence-corrected chi connectivity index (χ0v) is 16.6. The van der Waals surface area contributed by atoms with E-state index < -0.39 is 0 Å². The smallest absolute Gasteiger partial charge is 0.191 e. The van der Waals surface area contributed by atoms with Gasteiger partial charge in [0.1, 0.15) is 18.0 Å². The molecule has 1 aliphatic heterocycles. The highest BCUT2D eigenvalue weighted by atomic mass is 19.1. The average molecular weight is 388 g/mol. The summed E-state index contributed by atoms with van der Waals surface area (Å²) in [6.07, 6.45) is 4.94. The van der Waals surface area contributed by atoms with E-state index in [2.05, 4.69) is 39.7 Å². The predicted octanol–water partition coefficient (Wildman–Crippen LogP) is 2.28. The van der Waals surface area contributed by atoms with E-state index in [4.69, 9.17) is 4.74 Å². The SMILES string of the molecule is CCc1nncn1CCNC(=NCc1ccc(F)cc1)NC(C)C1CCCO1. The largest absolute Gasteiger partial charge is 0.376 e. The van der Waals surface area contributed by atoms with E-state index in [9.17, 15) is 4.39 Å². The molecule has 0 radical (unpaired) electrons. The first-order chi connectivity index (χ1) is 13.7. The van der Waals surface area contributed by atoms with Gasteiger partial charge in [0.15, 0.2) is 5.96 Å². The molecule has 28 heavy (non-hydrogen) atoms. The van der Waals surface area contributed by atoms with Crippen LogP contribution in [0.2, 0.25) is 0 Å². The van der Waals surface area contributed by atoms with Crippen LogP contribution in [0.4, 0.5) is 4.39 Å². The number of nitrogens with zero attached hydrogens (tertiary/aromatic N) is 4. The summed E-state index contributed by atoms with van der Waals surface area (Å²) in [5.74, 6) is 1.45. The van der Waals surface area contributed by atoms with Gasteiger partial charge in [-0.15, -0.1) is 10.2 Å². The van der Waals surface area contributed by atoms with E-state index >= 15 is 0 Å². The molecule has 0 saturated carbocycles. The van der Waals surface area contributed by atoms with Crippen molar-refractivity contribution in [3.63, 3.8) is 0 Å². The van der Waals surface area contributed by atoms with Crippen LogP contribution in [-0.2, 0) is 24.2 Å². The number of aryl methyl sites for hydroxylation is 1. The Morgan fingerprint density at radius 1 is 1.39 bits per heavy atom. The third-order valence-electron chi connectivity index (χ3n) is 4.88. The van der Waals surface area contributed by atoms with Crippen LogP contribution >= 0.6 is 0 Å². The molecule has 1 aromatic heterocycles. The van der Waals surface area contributed by atoms with Crippen molar-refractivity contribution in [2.24, 2.45) is 4.99 Å². The van der Waals surface area contributed by atoms with Crippen molar-refractivity contribution >= 4 is 5.96 Å². The number of halogens is 1. The fourth-order valence-electron chi connectivity index (χ4n) is 3.25. The maximum Gasteiger partial charge on any atom is 0.191 e. The van der Waals surface area contributed by atoms with Gasteiger partial charge in [0.05, 0.1) is 18.7 Å². The maximum atomic E-state index is 13.1. The Kier molecular flexibility index (Phi) is 7.36. The van der Waals surface area contributed by atoms with Gasteiger partial charge >= 0.3 is 0 Å². The number of hydrogen-bond donors (Lipinski definition) is 2. The van der Waals surface area contributed by atoms with Crippen LogP contribution in [0.15, 0.2) is 35.6 Å². The molecule has 7 nitrogen and oxygen atoms in total. The molecule has 2 unspecified atom stereocenters. The molecule has 1 saturated heterocycles. The lowest BCUT2D eigenvalue weighted by molar-refractivity contribution is 0.0890. The second kappa shape index (κ2) is 10.2. The summed E-state index contributed by atoms with van der Waals surface area (Å²) in [4.78, 5) is 4.67. The quantitative estimate of drug-likeness (QED) is 0.536. The zero-order chi connectivity index (χ0) is 19.8. The van der Waals surface area contributed by atoms with Crippen LogP contribution in [0.3, 0.4) is 0 Å². The summed E-state index contributed by atoms with van der Waals surface area (Å²) in [7, 11) is 0. The van der Waals surface area contributed by atoms with Gasteiger partial charge in [0, 0.05) is 26.1 Å². The van der Waals surface area contributed by atoms with Gasteiger partial charge in [-0.05, 0) is 37.5 Å². The standard InChI is InChI=1S/C20H29FN6O/c1-3-19-26-24-14-27(19)11-10-22-20(25-15(2)18-5-4-12-28-18)23-13-16-6-8-17(21)9-7-16/h6-9,14-15,18H,3-5,10-13H2,1-2H3,(H2,22,23,25). The van der Waals surface area contributed by atoms with E-state index in [-0.39, 0.29) is 18.0 Å². The van der Waals surface area contributed by atoms with Crippen molar-refractivity contribution in [3.05, 3.63) is 47.8 Å². The molecule has 8 heteroatoms. The molecule has 1 fully saturated rings. The number of aliphatic imine (C=N–C) groups is 1. The minimum atomic E-state index is -0.239. The minimum absolute atomic E-state index is 0.156. The van der Waals surface area contributed by atoms with Gasteiger partial charge in [0.25, 0.3) is 0 Å². The number of guanidine groups is 1. The number of hydrogen-bond acceptors (Lipinski definition) is 4. The monoisotopic (exact) mass is 388 g/mol. The van der Waals surface area contributed by atoms with Gasteiger partial charge in [-0.2, -0.15) is 0 Å². The summed E-state index contributed by atoms with van der Waals surface area (Å²) >= 11 is 0. The summed E-state index contributed by atoms with van der Waals surface area (Å²) in [5.41, 5.74) is 0.958. The van der Waals surface area contributed by atoms with E-state index in [0.29, 0.717) is 13.1 Å². The van der Waals surface area contributed by atoms with Crippen LogP contribution < -0.4 is 10.6 Å². The first-order valence-corrected chi connectivity index (χ1v) is 9.93. The zero-order valence-electron chi connectivity index (χ0n) is 16.6. The lowest BCUT2D eigenvalue weighted by Crippen LogP contribution is -2.47. The van der Waals surface area contributed by atoms with Crippen LogP contribution in [0, 0.1) is 5.82 Å². The lowest BCUT2D eigenvalue weighted by atomic mass is 10.1. The lowest BCUT2D eigenvalue weighted by Gasteiger charge is -2.23. The van der Waals surface area contributed by atoms with E-state index in [1.165, 1.54) is 12.1 Å². The number of benzene rings is 1. The van der Waals surface area contributed by atoms with Crippen LogP contribution in [0.1, 0.15) is 38.1 Å². The summed E-state index contributed by atoms with van der Waals surface area (Å²) in [6.45, 7) is 6.91. The molecule has 3 rings (SSSR count). The molecule has 1 aliphatic rings. The fourth-order valence-corrected chi connectivity index (χ4v) is 3.25. The van der Waals surface area contributed by atoms with Crippen LogP contribution in [-0.4, -0.2) is 46.0 Å². The fraction of sp³-hybridized carbons (Fsp3) is 0.550. The second-order valence-electron chi connectivity index (χ2n) is 7.00. The Bertz CT molecular complexity index is 754. The molecule has 152 valence electrons. The predicted molar refractivity (Wildman–Crippen MR) is 107 cm³/mol. The number of aromatic nitrogens is 3. The Balaban J connectivity index is 1.60. The summed E-state index contributed by atoms with van der Waals surface area (Å²) in [5, 5.41) is 14.9. The molecule has 2 heterocycles. The molecular weight excluding hydrogens is 359 g/mol. The molecule has 0 bridgehead atoms. The second-order valence-corrected chi connectivity index (χ2v) is 7.00. The topological polar surface area (TPSA) is 76.4 Å². The van der Waals surface area contributed by atoms with Gasteiger partial charge in [0.2, 0.25) is 0 Å². The van der Waals surface area contributed by atoms with Crippen molar-refractivity contribution in [1.29, 1.82) is 0 Å². The van der Waals surface area contributed by atoms with Gasteiger partial charge < -0.3 is 19.9 Å². The third-order valence-corrected chi connectivity index (χ3v) is 4.88. The molecular formula is C20H29FN6O. The van der Waals surface area contributed by atoms with E-state index in [0.717, 1.165) is 49.8 Å². The normalized spacial score (nSPS) is 18.2. The molecule has 2 aromatic rings. The van der Waals surface area contributed by atoms with Gasteiger partial charge in [-0.1, -0.05) is 19.1 Å². The highest BCUT2D eigenvalue weighted by Gasteiger charge is 2.23. The third kappa shape index (κ3) is 5.76. The molecule has 2 N–H and O–H groups in total. The van der Waals surface area contributed by atoms with E-state index in [1.807, 2.05) is 4.57 Å². The number of rotatable bonds is 8. The molecule has 2 atom stereocenters. The van der Waals surface area contributed by atoms with Crippen molar-refractivity contribution in [2.45, 2.75) is 58.3 Å². The maximum absolute atomic E-state index is 13.1. The van der Waals surface area contributed by atoms with E-state index in [1.54, 1.807) is 18.5 Å². The molecule has 0 aliphatic carbocycles. The van der Waals surface area contributed by atoms with Crippen molar-refractivity contribution in [1.82, 2.24) is 25.4 Å². The van der Waals surface area contributed by atoms with Crippen LogP contribution in [0.25, 0.3) is 0 Å². The van der Waals surface area contributed by atoms with Gasteiger partial charge in [-0.3, -0.25) is 0 Å². The Labute approximate surface area is 165 Å². The Morgan fingerprint density at radius 2 is 2.21 bits per heavy atom. The minimum Gasteiger partial charge on any atom is -0.376 e. The first kappa shape index (κ1) is 20.3. The van der Waals surface area contributed by atoms with Crippen molar-refractivity contribution in [3.8, 4) is 0 Å². The average Bonchev–Trinajstić information content (AvgIpc) is 3.39. The number of nitrogens with one attached hydrogen (secondary N) is 2. The molecule has 0 spiro atoms. The number of ether oxygens (including phenoxy) is 1. The van der Waals surface area contributed by atoms with Crippen molar-refractivity contribution < 1.29 is 9.13 Å². The summed E-state index contributed by atoms with van der Waals surface area (Å²) < 4.78 is 20.9. The van der Waals surface area contributed by atoms with Crippen molar-refractivity contribution in [2.75, 3.05) is 13.2 Å². The Morgan fingerprint density at radius 3 is 2.93 bits per heavy atom. The molecule has 0 amide bonds. The van der Waals surface area contributed by atoms with Crippen LogP contribution in [0.5, 0.6) is 0 Å². The summed E-state index contributed by atoms with van der Waals surface area (Å²) in [6, 6.07) is 6.58.